The normalized spacial score (nSPS) is 13.4. The molecule has 0 saturated carbocycles. The Morgan fingerprint density at radius 3 is 2.70 bits per heavy atom. The molecule has 0 saturated heterocycles. The third kappa shape index (κ3) is 5.01. The molecule has 4 nitrogen and oxygen atoms in total. The lowest BCUT2D eigenvalue weighted by Crippen LogP contribution is -2.30. The SMILES string of the molecule is CCCC(CCO)CNS(=O)(=O)c1cc(F)ccc1Cl. The lowest BCUT2D eigenvalue weighted by Gasteiger charge is -2.16. The predicted molar refractivity (Wildman–Crippen MR) is 76.7 cm³/mol. The van der Waals surface area contributed by atoms with Crippen LogP contribution in [-0.4, -0.2) is 26.7 Å². The van der Waals surface area contributed by atoms with E-state index in [1.807, 2.05) is 6.92 Å². The second-order valence-corrected chi connectivity index (χ2v) is 6.74. The van der Waals surface area contributed by atoms with Crippen molar-refractivity contribution in [1.29, 1.82) is 0 Å². The molecule has 1 unspecified atom stereocenters. The molecule has 0 aromatic heterocycles. The summed E-state index contributed by atoms with van der Waals surface area (Å²) in [6, 6.07) is 3.21. The van der Waals surface area contributed by atoms with E-state index < -0.39 is 15.8 Å². The molecule has 0 aliphatic rings. The summed E-state index contributed by atoms with van der Waals surface area (Å²) in [7, 11) is -3.85. The maximum atomic E-state index is 13.1. The Balaban J connectivity index is 2.81. The smallest absolute Gasteiger partial charge is 0.242 e. The van der Waals surface area contributed by atoms with Crippen molar-refractivity contribution >= 4 is 21.6 Å². The first-order chi connectivity index (χ1) is 9.40. The van der Waals surface area contributed by atoms with Gasteiger partial charge in [-0.2, -0.15) is 0 Å². The van der Waals surface area contributed by atoms with Crippen molar-refractivity contribution in [3.05, 3.63) is 29.0 Å². The van der Waals surface area contributed by atoms with E-state index in [4.69, 9.17) is 16.7 Å². The molecule has 0 aliphatic heterocycles. The largest absolute Gasteiger partial charge is 0.396 e. The van der Waals surface area contributed by atoms with Crippen LogP contribution in [0.2, 0.25) is 5.02 Å². The standard InChI is InChI=1S/C13H19ClFNO3S/c1-2-3-10(6-7-17)9-16-20(18,19)13-8-11(15)4-5-12(13)14/h4-5,8,10,16-17H,2-3,6-7,9H2,1H3. The Morgan fingerprint density at radius 1 is 1.40 bits per heavy atom. The van der Waals surface area contributed by atoms with Crippen molar-refractivity contribution in [2.75, 3.05) is 13.2 Å². The third-order valence-electron chi connectivity index (χ3n) is 2.98. The predicted octanol–water partition coefficient (Wildman–Crippen LogP) is 2.56. The van der Waals surface area contributed by atoms with Crippen molar-refractivity contribution in [2.24, 2.45) is 5.92 Å². The Bertz CT molecular complexity index is 530. The van der Waals surface area contributed by atoms with Crippen molar-refractivity contribution < 1.29 is 17.9 Å². The van der Waals surface area contributed by atoms with Crippen LogP contribution >= 0.6 is 11.6 Å². The summed E-state index contributed by atoms with van der Waals surface area (Å²) in [4.78, 5) is -0.265. The van der Waals surface area contributed by atoms with Crippen molar-refractivity contribution in [3.8, 4) is 0 Å². The fraction of sp³-hybridized carbons (Fsp3) is 0.538. The van der Waals surface area contributed by atoms with Crippen LogP contribution in [0.5, 0.6) is 0 Å². The number of benzene rings is 1. The second kappa shape index (κ2) is 7.93. The van der Waals surface area contributed by atoms with Gasteiger partial charge in [0.15, 0.2) is 0 Å². The third-order valence-corrected chi connectivity index (χ3v) is 4.88. The number of sulfonamides is 1. The maximum Gasteiger partial charge on any atom is 0.242 e. The molecule has 0 spiro atoms. The van der Waals surface area contributed by atoms with Gasteiger partial charge in [0.2, 0.25) is 10.0 Å². The maximum absolute atomic E-state index is 13.1. The number of hydrogen-bond acceptors (Lipinski definition) is 3. The second-order valence-electron chi connectivity index (χ2n) is 4.59. The molecule has 0 amide bonds. The van der Waals surface area contributed by atoms with Crippen LogP contribution in [-0.2, 0) is 10.0 Å². The molecule has 0 aliphatic carbocycles. The van der Waals surface area contributed by atoms with Gasteiger partial charge in [-0.1, -0.05) is 24.9 Å². The summed E-state index contributed by atoms with van der Waals surface area (Å²) in [5, 5.41) is 8.92. The van der Waals surface area contributed by atoms with Gasteiger partial charge in [-0.25, -0.2) is 17.5 Å². The average Bonchev–Trinajstić information content (AvgIpc) is 2.39. The van der Waals surface area contributed by atoms with E-state index in [1.165, 1.54) is 6.07 Å². The van der Waals surface area contributed by atoms with Crippen LogP contribution in [0.25, 0.3) is 0 Å². The summed E-state index contributed by atoms with van der Waals surface area (Å²) < 4.78 is 39.7. The van der Waals surface area contributed by atoms with Gasteiger partial charge in [-0.3, -0.25) is 0 Å². The van der Waals surface area contributed by atoms with E-state index in [1.54, 1.807) is 0 Å². The monoisotopic (exact) mass is 323 g/mol. The lowest BCUT2D eigenvalue weighted by molar-refractivity contribution is 0.251. The number of halogens is 2. The number of rotatable bonds is 8. The summed E-state index contributed by atoms with van der Waals surface area (Å²) in [6.07, 6.45) is 2.22. The number of nitrogens with one attached hydrogen (secondary N) is 1. The van der Waals surface area contributed by atoms with Gasteiger partial charge in [0.1, 0.15) is 10.7 Å². The zero-order chi connectivity index (χ0) is 15.2. The zero-order valence-electron chi connectivity index (χ0n) is 11.3. The highest BCUT2D eigenvalue weighted by atomic mass is 35.5. The van der Waals surface area contributed by atoms with Crippen LogP contribution in [0.1, 0.15) is 26.2 Å². The highest BCUT2D eigenvalue weighted by molar-refractivity contribution is 7.89. The zero-order valence-corrected chi connectivity index (χ0v) is 12.8. The minimum Gasteiger partial charge on any atom is -0.396 e. The van der Waals surface area contributed by atoms with E-state index in [0.717, 1.165) is 25.0 Å². The lowest BCUT2D eigenvalue weighted by atomic mass is 10.0. The Hall–Kier alpha value is -0.690. The van der Waals surface area contributed by atoms with Gasteiger partial charge in [-0.15, -0.1) is 0 Å². The first kappa shape index (κ1) is 17.4. The molecule has 0 bridgehead atoms. The molecule has 1 rings (SSSR count). The summed E-state index contributed by atoms with van der Waals surface area (Å²) in [6.45, 7) is 2.19. The van der Waals surface area contributed by atoms with Gasteiger partial charge in [0.25, 0.3) is 0 Å². The number of aliphatic hydroxyl groups excluding tert-OH is 1. The Morgan fingerprint density at radius 2 is 2.10 bits per heavy atom. The summed E-state index contributed by atoms with van der Waals surface area (Å²) in [5.74, 6) is -0.609. The minimum atomic E-state index is -3.85. The molecule has 1 aromatic rings. The van der Waals surface area contributed by atoms with Crippen LogP contribution < -0.4 is 4.72 Å². The van der Waals surface area contributed by atoms with Crippen LogP contribution in [0.15, 0.2) is 23.1 Å². The van der Waals surface area contributed by atoms with Crippen LogP contribution in [0, 0.1) is 11.7 Å². The van der Waals surface area contributed by atoms with Gasteiger partial charge in [0, 0.05) is 13.2 Å². The highest BCUT2D eigenvalue weighted by Crippen LogP contribution is 2.22. The van der Waals surface area contributed by atoms with E-state index in [-0.39, 0.29) is 29.0 Å². The molecule has 0 heterocycles. The molecule has 1 aromatic carbocycles. The van der Waals surface area contributed by atoms with Crippen molar-refractivity contribution in [3.63, 3.8) is 0 Å². The Labute approximate surface area is 124 Å². The molecule has 0 fully saturated rings. The molecular formula is C13H19ClFNO3S. The fourth-order valence-electron chi connectivity index (χ4n) is 1.93. The molecule has 114 valence electrons. The Kier molecular flexibility index (Phi) is 6.88. The summed E-state index contributed by atoms with van der Waals surface area (Å²) >= 11 is 5.79. The molecule has 2 N–H and O–H groups in total. The number of aliphatic hydroxyl groups is 1. The first-order valence-corrected chi connectivity index (χ1v) is 8.32. The van der Waals surface area contributed by atoms with Gasteiger partial charge < -0.3 is 5.11 Å². The average molecular weight is 324 g/mol. The van der Waals surface area contributed by atoms with Crippen LogP contribution in [0.4, 0.5) is 4.39 Å². The van der Waals surface area contributed by atoms with Crippen molar-refractivity contribution in [1.82, 2.24) is 4.72 Å². The quantitative estimate of drug-likeness (QED) is 0.772. The van der Waals surface area contributed by atoms with Crippen molar-refractivity contribution in [2.45, 2.75) is 31.1 Å². The van der Waals surface area contributed by atoms with E-state index in [2.05, 4.69) is 4.72 Å². The minimum absolute atomic E-state index is 0.00706. The van der Waals surface area contributed by atoms with Gasteiger partial charge >= 0.3 is 0 Å². The first-order valence-electron chi connectivity index (χ1n) is 6.46. The molecule has 0 radical (unpaired) electrons. The van der Waals surface area contributed by atoms with Gasteiger partial charge in [0.05, 0.1) is 5.02 Å². The van der Waals surface area contributed by atoms with E-state index >= 15 is 0 Å². The summed E-state index contributed by atoms with van der Waals surface area (Å²) in [5.41, 5.74) is 0. The molecule has 1 atom stereocenters. The fourth-order valence-corrected chi connectivity index (χ4v) is 3.55. The molecular weight excluding hydrogens is 305 g/mol. The highest BCUT2D eigenvalue weighted by Gasteiger charge is 2.20. The topological polar surface area (TPSA) is 66.4 Å². The van der Waals surface area contributed by atoms with E-state index in [0.29, 0.717) is 6.42 Å². The van der Waals surface area contributed by atoms with E-state index in [9.17, 15) is 12.8 Å². The number of hydrogen-bond donors (Lipinski definition) is 2. The van der Waals surface area contributed by atoms with Gasteiger partial charge in [-0.05, 0) is 37.0 Å². The molecule has 20 heavy (non-hydrogen) atoms. The molecule has 7 heteroatoms. The van der Waals surface area contributed by atoms with Crippen LogP contribution in [0.3, 0.4) is 0 Å².